The van der Waals surface area contributed by atoms with E-state index in [1.165, 1.54) is 12.8 Å². The molecule has 2 atom stereocenters. The van der Waals surface area contributed by atoms with Gasteiger partial charge in [-0.2, -0.15) is 0 Å². The average Bonchev–Trinajstić information content (AvgIpc) is 2.44. The summed E-state index contributed by atoms with van der Waals surface area (Å²) in [6.07, 6.45) is 4.75. The zero-order valence-electron chi connectivity index (χ0n) is 10.6. The van der Waals surface area contributed by atoms with Crippen LogP contribution in [0.5, 0.6) is 0 Å². The summed E-state index contributed by atoms with van der Waals surface area (Å²) in [7, 11) is -3.40. The second-order valence-electron chi connectivity index (χ2n) is 5.58. The first-order chi connectivity index (χ1) is 9.08. The maximum Gasteiger partial charge on any atom is 0.240 e. The van der Waals surface area contributed by atoms with E-state index in [0.717, 1.165) is 12.8 Å². The Balaban J connectivity index is 1.81. The molecular weight excluding hydrogens is 326 g/mol. The standard InChI is InChI=1S/C14H18BrNO2S/c15-13-10-6-8-11(9-7-10)14(13)16-19(17,18)12-4-2-1-3-5-12/h1-5,10-11,13-14,16H,6-9H2/t10?,11?,13-,14+/m0/s1. The molecule has 3 aliphatic rings. The van der Waals surface area contributed by atoms with E-state index in [2.05, 4.69) is 20.7 Å². The van der Waals surface area contributed by atoms with E-state index < -0.39 is 10.0 Å². The van der Waals surface area contributed by atoms with Crippen LogP contribution in [0.1, 0.15) is 25.7 Å². The van der Waals surface area contributed by atoms with Gasteiger partial charge in [0.05, 0.1) is 4.90 Å². The maximum atomic E-state index is 12.4. The highest BCUT2D eigenvalue weighted by Gasteiger charge is 2.43. The van der Waals surface area contributed by atoms with Crippen LogP contribution in [-0.4, -0.2) is 19.3 Å². The van der Waals surface area contributed by atoms with Gasteiger partial charge < -0.3 is 0 Å². The molecule has 1 N–H and O–H groups in total. The smallest absolute Gasteiger partial charge is 0.207 e. The number of rotatable bonds is 3. The van der Waals surface area contributed by atoms with Gasteiger partial charge in [-0.1, -0.05) is 34.1 Å². The first-order valence-corrected chi connectivity index (χ1v) is 9.19. The third-order valence-electron chi connectivity index (χ3n) is 4.46. The van der Waals surface area contributed by atoms with Crippen molar-refractivity contribution in [3.05, 3.63) is 30.3 Å². The lowest BCUT2D eigenvalue weighted by Crippen LogP contribution is -2.54. The SMILES string of the molecule is O=S(=O)(N[C@@H]1C2CCC(CC2)[C@@H]1Br)c1ccccc1. The first kappa shape index (κ1) is 13.6. The fraction of sp³-hybridized carbons (Fsp3) is 0.571. The Bertz CT molecular complexity index is 536. The highest BCUT2D eigenvalue weighted by Crippen LogP contribution is 2.45. The van der Waals surface area contributed by atoms with E-state index in [-0.39, 0.29) is 10.9 Å². The minimum absolute atomic E-state index is 0.0395. The van der Waals surface area contributed by atoms with Crippen molar-refractivity contribution < 1.29 is 8.42 Å². The minimum Gasteiger partial charge on any atom is -0.207 e. The largest absolute Gasteiger partial charge is 0.240 e. The van der Waals surface area contributed by atoms with Crippen LogP contribution in [0.15, 0.2) is 35.2 Å². The summed E-state index contributed by atoms with van der Waals surface area (Å²) in [6.45, 7) is 0. The molecule has 5 heteroatoms. The molecule has 0 saturated heterocycles. The maximum absolute atomic E-state index is 12.4. The number of nitrogens with one attached hydrogen (secondary N) is 1. The normalized spacial score (nSPS) is 34.4. The van der Waals surface area contributed by atoms with Crippen molar-refractivity contribution in [1.29, 1.82) is 0 Å². The zero-order valence-corrected chi connectivity index (χ0v) is 13.0. The van der Waals surface area contributed by atoms with E-state index in [1.807, 2.05) is 6.07 Å². The number of sulfonamides is 1. The number of halogens is 1. The van der Waals surface area contributed by atoms with E-state index in [4.69, 9.17) is 0 Å². The number of hydrogen-bond acceptors (Lipinski definition) is 2. The molecule has 4 rings (SSSR count). The molecule has 3 aliphatic carbocycles. The topological polar surface area (TPSA) is 46.2 Å². The fourth-order valence-corrected chi connectivity index (χ4v) is 6.00. The van der Waals surface area contributed by atoms with Gasteiger partial charge in [0.25, 0.3) is 0 Å². The predicted octanol–water partition coefficient (Wildman–Crippen LogP) is 2.92. The van der Waals surface area contributed by atoms with Crippen LogP contribution in [0.4, 0.5) is 0 Å². The molecule has 3 saturated carbocycles. The number of alkyl halides is 1. The lowest BCUT2D eigenvalue weighted by atomic mass is 9.68. The molecule has 3 fully saturated rings. The summed E-state index contributed by atoms with van der Waals surface area (Å²) in [4.78, 5) is 0.634. The second kappa shape index (κ2) is 5.19. The molecule has 19 heavy (non-hydrogen) atoms. The average molecular weight is 344 g/mol. The Morgan fingerprint density at radius 2 is 1.58 bits per heavy atom. The van der Waals surface area contributed by atoms with Crippen LogP contribution >= 0.6 is 15.9 Å². The van der Waals surface area contributed by atoms with Crippen LogP contribution in [0, 0.1) is 11.8 Å². The zero-order chi connectivity index (χ0) is 13.5. The van der Waals surface area contributed by atoms with Gasteiger partial charge in [-0.05, 0) is 49.7 Å². The van der Waals surface area contributed by atoms with Crippen molar-refractivity contribution in [2.45, 2.75) is 41.4 Å². The third-order valence-corrected chi connectivity index (χ3v) is 7.25. The number of benzene rings is 1. The molecule has 0 aromatic heterocycles. The highest BCUT2D eigenvalue weighted by molar-refractivity contribution is 9.09. The Hall–Kier alpha value is -0.390. The molecule has 104 valence electrons. The van der Waals surface area contributed by atoms with Gasteiger partial charge in [0, 0.05) is 10.9 Å². The van der Waals surface area contributed by atoms with Crippen LogP contribution in [0.2, 0.25) is 0 Å². The monoisotopic (exact) mass is 343 g/mol. The van der Waals surface area contributed by atoms with Crippen molar-refractivity contribution >= 4 is 26.0 Å². The van der Waals surface area contributed by atoms with Crippen molar-refractivity contribution in [2.24, 2.45) is 11.8 Å². The van der Waals surface area contributed by atoms with Crippen LogP contribution in [0.3, 0.4) is 0 Å². The third kappa shape index (κ3) is 2.60. The Morgan fingerprint density at radius 1 is 1.00 bits per heavy atom. The molecular formula is C14H18BrNO2S. The first-order valence-electron chi connectivity index (χ1n) is 6.79. The van der Waals surface area contributed by atoms with Gasteiger partial charge in [-0.25, -0.2) is 13.1 Å². The van der Waals surface area contributed by atoms with Gasteiger partial charge in [0.1, 0.15) is 0 Å². The van der Waals surface area contributed by atoms with Gasteiger partial charge in [-0.15, -0.1) is 0 Å². The molecule has 1 aromatic rings. The molecule has 0 heterocycles. The lowest BCUT2D eigenvalue weighted by molar-refractivity contribution is 0.149. The molecule has 0 amide bonds. The van der Waals surface area contributed by atoms with Crippen molar-refractivity contribution in [3.8, 4) is 0 Å². The van der Waals surface area contributed by atoms with Crippen molar-refractivity contribution in [3.63, 3.8) is 0 Å². The van der Waals surface area contributed by atoms with Crippen molar-refractivity contribution in [1.82, 2.24) is 4.72 Å². The van der Waals surface area contributed by atoms with E-state index in [9.17, 15) is 8.42 Å². The van der Waals surface area contributed by atoms with Gasteiger partial charge in [0.15, 0.2) is 0 Å². The predicted molar refractivity (Wildman–Crippen MR) is 78.7 cm³/mol. The molecule has 0 unspecified atom stereocenters. The van der Waals surface area contributed by atoms with E-state index in [0.29, 0.717) is 16.7 Å². The van der Waals surface area contributed by atoms with Crippen LogP contribution in [0.25, 0.3) is 0 Å². The van der Waals surface area contributed by atoms with Crippen LogP contribution in [-0.2, 0) is 10.0 Å². The summed E-state index contributed by atoms with van der Waals surface area (Å²) in [5.41, 5.74) is 0. The van der Waals surface area contributed by atoms with Gasteiger partial charge in [-0.3, -0.25) is 0 Å². The molecule has 0 aliphatic heterocycles. The molecule has 0 radical (unpaired) electrons. The fourth-order valence-electron chi connectivity index (χ4n) is 3.38. The Kier molecular flexibility index (Phi) is 3.71. The summed E-state index contributed by atoms with van der Waals surface area (Å²) in [6, 6.07) is 8.67. The van der Waals surface area contributed by atoms with Gasteiger partial charge in [0.2, 0.25) is 10.0 Å². The summed E-state index contributed by atoms with van der Waals surface area (Å²) in [5, 5.41) is 0. The van der Waals surface area contributed by atoms with E-state index >= 15 is 0 Å². The molecule has 0 spiro atoms. The lowest BCUT2D eigenvalue weighted by Gasteiger charge is -2.46. The second-order valence-corrected chi connectivity index (χ2v) is 8.35. The van der Waals surface area contributed by atoms with Crippen LogP contribution < -0.4 is 4.72 Å². The Labute approximate surface area is 123 Å². The summed E-state index contributed by atoms with van der Waals surface area (Å²) < 4.78 is 27.7. The molecule has 1 aromatic carbocycles. The Morgan fingerprint density at radius 3 is 2.16 bits per heavy atom. The molecule has 2 bridgehead atoms. The molecule has 3 nitrogen and oxygen atoms in total. The quantitative estimate of drug-likeness (QED) is 0.857. The summed E-state index contributed by atoms with van der Waals surface area (Å²) in [5.74, 6) is 1.10. The van der Waals surface area contributed by atoms with Crippen molar-refractivity contribution in [2.75, 3.05) is 0 Å². The minimum atomic E-state index is -3.40. The number of hydrogen-bond donors (Lipinski definition) is 1. The highest BCUT2D eigenvalue weighted by atomic mass is 79.9. The number of fused-ring (bicyclic) bond motifs is 3. The van der Waals surface area contributed by atoms with Gasteiger partial charge >= 0.3 is 0 Å². The van der Waals surface area contributed by atoms with E-state index in [1.54, 1.807) is 24.3 Å². The summed E-state index contributed by atoms with van der Waals surface area (Å²) >= 11 is 3.71.